The third-order valence-electron chi connectivity index (χ3n) is 3.64. The number of halogens is 2. The van der Waals surface area contributed by atoms with Gasteiger partial charge in [0, 0.05) is 22.6 Å². The average molecular weight is 427 g/mol. The molecule has 0 aliphatic carbocycles. The highest BCUT2D eigenvalue weighted by Crippen LogP contribution is 2.32. The van der Waals surface area contributed by atoms with Crippen LogP contribution in [0.25, 0.3) is 0 Å². The van der Waals surface area contributed by atoms with E-state index in [0.29, 0.717) is 6.04 Å². The van der Waals surface area contributed by atoms with Crippen LogP contribution < -0.4 is 10.1 Å². The van der Waals surface area contributed by atoms with E-state index in [1.165, 1.54) is 5.56 Å². The van der Waals surface area contributed by atoms with Crippen LogP contribution in [-0.4, -0.2) is 13.2 Å². The van der Waals surface area contributed by atoms with Crippen LogP contribution in [0.15, 0.2) is 51.4 Å². The summed E-state index contributed by atoms with van der Waals surface area (Å²) in [5.41, 5.74) is 2.54. The maximum Gasteiger partial charge on any atom is 0.137 e. The zero-order chi connectivity index (χ0) is 15.9. The average Bonchev–Trinajstić information content (AvgIpc) is 2.51. The van der Waals surface area contributed by atoms with E-state index in [-0.39, 0.29) is 0 Å². The number of rotatable bonds is 7. The second kappa shape index (κ2) is 8.70. The molecule has 1 unspecified atom stereocenters. The summed E-state index contributed by atoms with van der Waals surface area (Å²) in [5, 5.41) is 3.58. The van der Waals surface area contributed by atoms with Gasteiger partial charge in [-0.25, -0.2) is 0 Å². The predicted molar refractivity (Wildman–Crippen MR) is 99.5 cm³/mol. The highest BCUT2D eigenvalue weighted by atomic mass is 79.9. The van der Waals surface area contributed by atoms with Crippen molar-refractivity contribution >= 4 is 31.9 Å². The number of nitrogens with one attached hydrogen (secondary N) is 1. The fourth-order valence-corrected chi connectivity index (χ4v) is 3.86. The van der Waals surface area contributed by atoms with Crippen LogP contribution in [0.4, 0.5) is 0 Å². The summed E-state index contributed by atoms with van der Waals surface area (Å²) >= 11 is 7.08. The Morgan fingerprint density at radius 2 is 1.86 bits per heavy atom. The van der Waals surface area contributed by atoms with Crippen molar-refractivity contribution in [1.82, 2.24) is 5.32 Å². The molecule has 0 saturated heterocycles. The van der Waals surface area contributed by atoms with Gasteiger partial charge in [0.15, 0.2) is 0 Å². The quantitative estimate of drug-likeness (QED) is 0.645. The van der Waals surface area contributed by atoms with Crippen molar-refractivity contribution in [3.05, 3.63) is 62.5 Å². The van der Waals surface area contributed by atoms with E-state index in [4.69, 9.17) is 4.74 Å². The summed E-state index contributed by atoms with van der Waals surface area (Å²) in [6.07, 6.45) is 2.20. The van der Waals surface area contributed by atoms with Crippen molar-refractivity contribution in [3.63, 3.8) is 0 Å². The van der Waals surface area contributed by atoms with Gasteiger partial charge in [-0.2, -0.15) is 0 Å². The normalized spacial score (nSPS) is 12.2. The van der Waals surface area contributed by atoms with E-state index in [1.807, 2.05) is 6.07 Å². The lowest BCUT2D eigenvalue weighted by molar-refractivity contribution is 0.402. The lowest BCUT2D eigenvalue weighted by atomic mass is 10.1. The van der Waals surface area contributed by atoms with Gasteiger partial charge in [-0.1, -0.05) is 46.3 Å². The van der Waals surface area contributed by atoms with Crippen LogP contribution >= 0.6 is 31.9 Å². The van der Waals surface area contributed by atoms with E-state index in [2.05, 4.69) is 80.5 Å². The molecular formula is C18H21Br2NO. The largest absolute Gasteiger partial charge is 0.495 e. The molecule has 0 amide bonds. The second-order valence-corrected chi connectivity index (χ2v) is 7.16. The Labute approximate surface area is 149 Å². The molecule has 0 saturated carbocycles. The Balaban J connectivity index is 1.90. The molecule has 0 radical (unpaired) electrons. The summed E-state index contributed by atoms with van der Waals surface area (Å²) in [5.74, 6) is 0.894. The van der Waals surface area contributed by atoms with E-state index < -0.39 is 0 Å². The highest BCUT2D eigenvalue weighted by Gasteiger charge is 2.10. The Bertz CT molecular complexity index is 602. The van der Waals surface area contributed by atoms with Crippen LogP contribution in [0, 0.1) is 0 Å². The smallest absolute Gasteiger partial charge is 0.137 e. The molecule has 4 heteroatoms. The number of methoxy groups -OCH3 is 1. The third kappa shape index (κ3) is 5.11. The summed E-state index contributed by atoms with van der Waals surface area (Å²) in [7, 11) is 1.70. The lowest BCUT2D eigenvalue weighted by Gasteiger charge is -2.16. The van der Waals surface area contributed by atoms with Crippen LogP contribution in [0.3, 0.4) is 0 Å². The minimum absolute atomic E-state index is 0.447. The number of benzene rings is 2. The predicted octanol–water partition coefficient (Wildman–Crippen LogP) is 5.33. The number of aryl methyl sites for hydroxylation is 1. The molecule has 118 valence electrons. The SMILES string of the molecule is COc1c(Br)cc(Br)cc1CNC(C)CCc1ccccc1. The molecule has 0 fully saturated rings. The standard InChI is InChI=1S/C18H21Br2NO/c1-13(8-9-14-6-4-3-5-7-14)21-12-15-10-16(19)11-17(20)18(15)22-2/h3-7,10-11,13,21H,8-9,12H2,1-2H3. The summed E-state index contributed by atoms with van der Waals surface area (Å²) in [6, 6.07) is 15.2. The monoisotopic (exact) mass is 425 g/mol. The van der Waals surface area contributed by atoms with E-state index in [0.717, 1.165) is 39.6 Å². The lowest BCUT2D eigenvalue weighted by Crippen LogP contribution is -2.26. The van der Waals surface area contributed by atoms with Crippen LogP contribution in [-0.2, 0) is 13.0 Å². The molecule has 2 rings (SSSR count). The van der Waals surface area contributed by atoms with Crippen molar-refractivity contribution in [3.8, 4) is 5.75 Å². The van der Waals surface area contributed by atoms with Gasteiger partial charge in [0.05, 0.1) is 11.6 Å². The van der Waals surface area contributed by atoms with Crippen molar-refractivity contribution in [2.45, 2.75) is 32.4 Å². The van der Waals surface area contributed by atoms with Crippen LogP contribution in [0.1, 0.15) is 24.5 Å². The van der Waals surface area contributed by atoms with Gasteiger partial charge < -0.3 is 10.1 Å². The van der Waals surface area contributed by atoms with Gasteiger partial charge in [0.25, 0.3) is 0 Å². The molecule has 0 aliphatic heterocycles. The first kappa shape index (κ1) is 17.5. The molecular weight excluding hydrogens is 406 g/mol. The maximum atomic E-state index is 5.48. The Hall–Kier alpha value is -0.840. The number of ether oxygens (including phenoxy) is 1. The number of hydrogen-bond acceptors (Lipinski definition) is 2. The van der Waals surface area contributed by atoms with Crippen LogP contribution in [0.2, 0.25) is 0 Å². The Morgan fingerprint density at radius 1 is 1.14 bits per heavy atom. The first-order valence-electron chi connectivity index (χ1n) is 7.39. The van der Waals surface area contributed by atoms with Gasteiger partial charge in [-0.15, -0.1) is 0 Å². The zero-order valence-corrected chi connectivity index (χ0v) is 16.1. The topological polar surface area (TPSA) is 21.3 Å². The molecule has 0 aromatic heterocycles. The first-order valence-corrected chi connectivity index (χ1v) is 8.98. The molecule has 2 aromatic rings. The second-order valence-electron chi connectivity index (χ2n) is 5.39. The molecule has 2 nitrogen and oxygen atoms in total. The molecule has 2 aromatic carbocycles. The minimum Gasteiger partial charge on any atom is -0.495 e. The molecule has 0 heterocycles. The highest BCUT2D eigenvalue weighted by molar-refractivity contribution is 9.11. The molecule has 22 heavy (non-hydrogen) atoms. The maximum absolute atomic E-state index is 5.48. The Kier molecular flexibility index (Phi) is 6.93. The summed E-state index contributed by atoms with van der Waals surface area (Å²) in [6.45, 7) is 3.01. The van der Waals surface area contributed by atoms with Crippen LogP contribution in [0.5, 0.6) is 5.75 Å². The molecule has 0 bridgehead atoms. The minimum atomic E-state index is 0.447. The van der Waals surface area contributed by atoms with Gasteiger partial charge >= 0.3 is 0 Å². The van der Waals surface area contributed by atoms with Gasteiger partial charge in [0.2, 0.25) is 0 Å². The third-order valence-corrected chi connectivity index (χ3v) is 4.69. The van der Waals surface area contributed by atoms with Gasteiger partial charge in [-0.3, -0.25) is 0 Å². The fraction of sp³-hybridized carbons (Fsp3) is 0.333. The molecule has 1 N–H and O–H groups in total. The summed E-state index contributed by atoms with van der Waals surface area (Å²) in [4.78, 5) is 0. The Morgan fingerprint density at radius 3 is 2.55 bits per heavy atom. The fourth-order valence-electron chi connectivity index (χ4n) is 2.39. The first-order chi connectivity index (χ1) is 10.6. The summed E-state index contributed by atoms with van der Waals surface area (Å²) < 4.78 is 7.51. The zero-order valence-electron chi connectivity index (χ0n) is 12.9. The molecule has 1 atom stereocenters. The van der Waals surface area contributed by atoms with E-state index in [1.54, 1.807) is 7.11 Å². The van der Waals surface area contributed by atoms with Crippen molar-refractivity contribution in [1.29, 1.82) is 0 Å². The van der Waals surface area contributed by atoms with E-state index in [9.17, 15) is 0 Å². The van der Waals surface area contributed by atoms with Gasteiger partial charge in [0.1, 0.15) is 5.75 Å². The van der Waals surface area contributed by atoms with Gasteiger partial charge in [-0.05, 0) is 53.4 Å². The van der Waals surface area contributed by atoms with E-state index >= 15 is 0 Å². The van der Waals surface area contributed by atoms with Crippen molar-refractivity contribution < 1.29 is 4.74 Å². The number of hydrogen-bond donors (Lipinski definition) is 1. The van der Waals surface area contributed by atoms with Crippen molar-refractivity contribution in [2.24, 2.45) is 0 Å². The molecule has 0 spiro atoms. The molecule has 0 aliphatic rings. The van der Waals surface area contributed by atoms with Crippen molar-refractivity contribution in [2.75, 3.05) is 7.11 Å².